The van der Waals surface area contributed by atoms with E-state index in [0.29, 0.717) is 34.8 Å². The lowest BCUT2D eigenvalue weighted by atomic mass is 9.70. The molecule has 2 bridgehead atoms. The van der Waals surface area contributed by atoms with Gasteiger partial charge in [0.25, 0.3) is 0 Å². The van der Waals surface area contributed by atoms with Crippen molar-refractivity contribution < 1.29 is 4.79 Å². The van der Waals surface area contributed by atoms with Gasteiger partial charge in [0.1, 0.15) is 0 Å². The van der Waals surface area contributed by atoms with E-state index in [0.717, 1.165) is 51.0 Å². The van der Waals surface area contributed by atoms with Gasteiger partial charge < -0.3 is 4.90 Å². The van der Waals surface area contributed by atoms with Gasteiger partial charge in [0.15, 0.2) is 0 Å². The first-order chi connectivity index (χ1) is 14.2. The van der Waals surface area contributed by atoms with E-state index < -0.39 is 0 Å². The Balaban J connectivity index is 1.39. The Morgan fingerprint density at radius 1 is 1.07 bits per heavy atom. The van der Waals surface area contributed by atoms with Gasteiger partial charge in [0.2, 0.25) is 5.91 Å². The fraction of sp³-hybridized carbons (Fsp3) is 0.500. The third-order valence-corrected chi connectivity index (χ3v) is 7.26. The Morgan fingerprint density at radius 2 is 1.90 bits per heavy atom. The molecule has 4 heterocycles. The van der Waals surface area contributed by atoms with Crippen molar-refractivity contribution in [1.29, 1.82) is 0 Å². The van der Waals surface area contributed by atoms with Gasteiger partial charge in [-0.05, 0) is 55.2 Å². The number of likely N-dealkylation sites (tertiary alicyclic amines) is 1. The zero-order valence-electron chi connectivity index (χ0n) is 16.7. The van der Waals surface area contributed by atoms with Crippen LogP contribution in [0.25, 0.3) is 0 Å². The lowest BCUT2D eigenvalue weighted by molar-refractivity contribution is -0.152. The summed E-state index contributed by atoms with van der Waals surface area (Å²) < 4.78 is 0. The first-order valence-corrected chi connectivity index (χ1v) is 11.2. The normalized spacial score (nSPS) is 29.6. The zero-order chi connectivity index (χ0) is 19.8. The first kappa shape index (κ1) is 19.1. The second-order valence-corrected chi connectivity index (χ2v) is 9.37. The first-order valence-electron chi connectivity index (χ1n) is 10.9. The average molecular weight is 410 g/mol. The number of piperidine rings is 3. The van der Waals surface area contributed by atoms with Gasteiger partial charge in [-0.25, -0.2) is 0 Å². The number of pyridine rings is 1. The molecule has 4 atom stereocenters. The van der Waals surface area contributed by atoms with Crippen molar-refractivity contribution in [2.24, 2.45) is 11.8 Å². The van der Waals surface area contributed by atoms with Crippen LogP contribution in [0.5, 0.6) is 0 Å². The number of nitrogens with zero attached hydrogens (tertiary/aromatic N) is 3. The van der Waals surface area contributed by atoms with Crippen molar-refractivity contribution in [3.8, 4) is 0 Å². The SMILES string of the molecule is O=C1CCC[C@H]2[C@@H]3C[C@@H](CN(Cc4ccc(Cl)cn4)C3)[C@H](Cc3ccccc3)N12. The Hall–Kier alpha value is -1.91. The van der Waals surface area contributed by atoms with Crippen LogP contribution >= 0.6 is 11.6 Å². The summed E-state index contributed by atoms with van der Waals surface area (Å²) in [6.07, 6.45) is 6.87. The van der Waals surface area contributed by atoms with Crippen LogP contribution in [0.15, 0.2) is 48.7 Å². The maximum absolute atomic E-state index is 13.0. The number of halogens is 1. The minimum absolute atomic E-state index is 0.312. The number of rotatable bonds is 4. The summed E-state index contributed by atoms with van der Waals surface area (Å²) in [6.45, 7) is 2.96. The van der Waals surface area contributed by atoms with Crippen molar-refractivity contribution >= 4 is 17.5 Å². The summed E-state index contributed by atoms with van der Waals surface area (Å²) in [5.74, 6) is 1.49. The highest BCUT2D eigenvalue weighted by Crippen LogP contribution is 2.42. The molecule has 5 rings (SSSR count). The highest BCUT2D eigenvalue weighted by atomic mass is 35.5. The second-order valence-electron chi connectivity index (χ2n) is 8.94. The molecule has 1 aromatic heterocycles. The Labute approximate surface area is 177 Å². The van der Waals surface area contributed by atoms with Crippen LogP contribution < -0.4 is 0 Å². The number of fused-ring (bicyclic) bond motifs is 4. The molecule has 0 unspecified atom stereocenters. The number of hydrogen-bond acceptors (Lipinski definition) is 3. The lowest BCUT2D eigenvalue weighted by Crippen LogP contribution is -2.65. The molecular formula is C24H28ClN3O. The molecule has 1 aromatic carbocycles. The minimum atomic E-state index is 0.312. The molecule has 0 spiro atoms. The predicted molar refractivity (Wildman–Crippen MR) is 115 cm³/mol. The van der Waals surface area contributed by atoms with E-state index in [4.69, 9.17) is 11.6 Å². The number of amides is 1. The molecule has 5 heteroatoms. The predicted octanol–water partition coefficient (Wildman–Crippen LogP) is 4.18. The quantitative estimate of drug-likeness (QED) is 0.760. The van der Waals surface area contributed by atoms with Gasteiger partial charge in [-0.15, -0.1) is 0 Å². The van der Waals surface area contributed by atoms with Gasteiger partial charge >= 0.3 is 0 Å². The van der Waals surface area contributed by atoms with E-state index in [2.05, 4.69) is 45.1 Å². The Bertz CT molecular complexity index is 856. The lowest BCUT2D eigenvalue weighted by Gasteiger charge is -2.56. The molecule has 3 saturated heterocycles. The summed E-state index contributed by atoms with van der Waals surface area (Å²) in [7, 11) is 0. The third-order valence-electron chi connectivity index (χ3n) is 7.03. The smallest absolute Gasteiger partial charge is 0.223 e. The van der Waals surface area contributed by atoms with Gasteiger partial charge in [0, 0.05) is 44.3 Å². The Kier molecular flexibility index (Phi) is 5.31. The zero-order valence-corrected chi connectivity index (χ0v) is 17.5. The molecule has 3 fully saturated rings. The molecule has 152 valence electrons. The third kappa shape index (κ3) is 3.93. The van der Waals surface area contributed by atoms with Crippen LogP contribution in [0.3, 0.4) is 0 Å². The molecule has 29 heavy (non-hydrogen) atoms. The van der Waals surface area contributed by atoms with Crippen molar-refractivity contribution in [3.05, 3.63) is 64.9 Å². The molecule has 1 amide bonds. The summed E-state index contributed by atoms with van der Waals surface area (Å²) in [5, 5.41) is 0.684. The largest absolute Gasteiger partial charge is 0.336 e. The number of aromatic nitrogens is 1. The summed E-state index contributed by atoms with van der Waals surface area (Å²) in [4.78, 5) is 22.3. The van der Waals surface area contributed by atoms with Gasteiger partial charge in [-0.1, -0.05) is 41.9 Å². The van der Waals surface area contributed by atoms with E-state index in [1.165, 1.54) is 12.0 Å². The maximum atomic E-state index is 13.0. The van der Waals surface area contributed by atoms with Crippen molar-refractivity contribution in [1.82, 2.24) is 14.8 Å². The van der Waals surface area contributed by atoms with E-state index in [9.17, 15) is 4.79 Å². The number of carbonyl (C=O) groups excluding carboxylic acids is 1. The highest BCUT2D eigenvalue weighted by Gasteiger charge is 2.49. The van der Waals surface area contributed by atoms with E-state index in [-0.39, 0.29) is 0 Å². The summed E-state index contributed by atoms with van der Waals surface area (Å²) in [6, 6.07) is 15.4. The summed E-state index contributed by atoms with van der Waals surface area (Å²) >= 11 is 6.00. The molecule has 3 aliphatic rings. The molecule has 2 aromatic rings. The average Bonchev–Trinajstić information content (AvgIpc) is 2.74. The number of carbonyl (C=O) groups is 1. The van der Waals surface area contributed by atoms with Crippen LogP contribution in [0.2, 0.25) is 5.02 Å². The minimum Gasteiger partial charge on any atom is -0.336 e. The van der Waals surface area contributed by atoms with Gasteiger partial charge in [0.05, 0.1) is 10.7 Å². The molecular weight excluding hydrogens is 382 g/mol. The van der Waals surface area contributed by atoms with E-state index >= 15 is 0 Å². The van der Waals surface area contributed by atoms with Crippen molar-refractivity contribution in [2.75, 3.05) is 13.1 Å². The van der Waals surface area contributed by atoms with E-state index in [1.807, 2.05) is 12.1 Å². The van der Waals surface area contributed by atoms with Crippen LogP contribution in [0, 0.1) is 11.8 Å². The van der Waals surface area contributed by atoms with Gasteiger partial charge in [-0.3, -0.25) is 14.7 Å². The van der Waals surface area contributed by atoms with Gasteiger partial charge in [-0.2, -0.15) is 0 Å². The standard InChI is InChI=1S/C24H28ClN3O/c25-20-9-10-21(26-13-20)16-27-14-18-12-19(15-27)23(11-17-5-2-1-3-6-17)28-22(18)7-4-8-24(28)29/h1-3,5-6,9-10,13,18-19,22-23H,4,7-8,11-12,14-16H2/t18-,19+,22+,23+/m1/s1. The second kappa shape index (κ2) is 8.08. The topological polar surface area (TPSA) is 36.4 Å². The maximum Gasteiger partial charge on any atom is 0.223 e. The van der Waals surface area contributed by atoms with Crippen molar-refractivity contribution in [2.45, 2.75) is 50.7 Å². The van der Waals surface area contributed by atoms with E-state index in [1.54, 1.807) is 6.20 Å². The molecule has 0 aliphatic carbocycles. The van der Waals surface area contributed by atoms with Crippen molar-refractivity contribution in [3.63, 3.8) is 0 Å². The Morgan fingerprint density at radius 3 is 2.69 bits per heavy atom. The summed E-state index contributed by atoms with van der Waals surface area (Å²) in [5.41, 5.74) is 2.41. The van der Waals surface area contributed by atoms with Crippen LogP contribution in [-0.4, -0.2) is 45.9 Å². The highest BCUT2D eigenvalue weighted by molar-refractivity contribution is 6.30. The number of benzene rings is 1. The van der Waals surface area contributed by atoms with Crippen LogP contribution in [0.4, 0.5) is 0 Å². The fourth-order valence-corrected chi connectivity index (χ4v) is 5.96. The molecule has 3 aliphatic heterocycles. The molecule has 0 radical (unpaired) electrons. The molecule has 0 N–H and O–H groups in total. The molecule has 4 nitrogen and oxygen atoms in total. The number of hydrogen-bond donors (Lipinski definition) is 0. The molecule has 0 saturated carbocycles. The van der Waals surface area contributed by atoms with Crippen LogP contribution in [0.1, 0.15) is 36.9 Å². The van der Waals surface area contributed by atoms with Crippen LogP contribution in [-0.2, 0) is 17.8 Å². The fourth-order valence-electron chi connectivity index (χ4n) is 5.85. The monoisotopic (exact) mass is 409 g/mol.